The first-order valence-corrected chi connectivity index (χ1v) is 11.5. The molecule has 3 saturated heterocycles. The number of rotatable bonds is 5. The minimum Gasteiger partial charge on any atom is -0.465 e. The van der Waals surface area contributed by atoms with Crippen molar-refractivity contribution in [1.82, 2.24) is 25.2 Å². The van der Waals surface area contributed by atoms with Crippen LogP contribution in [0.15, 0.2) is 6.20 Å². The zero-order valence-corrected chi connectivity index (χ0v) is 18.5. The number of fused-ring (bicyclic) bond motifs is 3. The van der Waals surface area contributed by atoms with Crippen LogP contribution in [0.5, 0.6) is 6.01 Å². The van der Waals surface area contributed by atoms with Crippen molar-refractivity contribution in [2.24, 2.45) is 5.92 Å². The Hall–Kier alpha value is -2.53. The summed E-state index contributed by atoms with van der Waals surface area (Å²) in [5, 5.41) is 11.9. The summed E-state index contributed by atoms with van der Waals surface area (Å²) in [4.78, 5) is 28.0. The fourth-order valence-corrected chi connectivity index (χ4v) is 6.14. The Labute approximate surface area is 193 Å². The molecule has 1 aliphatic carbocycles. The lowest BCUT2D eigenvalue weighted by atomic mass is 9.95. The van der Waals surface area contributed by atoms with Gasteiger partial charge in [-0.25, -0.2) is 18.6 Å². The van der Waals surface area contributed by atoms with Crippen LogP contribution in [0, 0.1) is 11.7 Å². The highest BCUT2D eigenvalue weighted by Crippen LogP contribution is 2.51. The van der Waals surface area contributed by atoms with Gasteiger partial charge in [-0.15, -0.1) is 0 Å². The largest absolute Gasteiger partial charge is 0.465 e. The number of alkyl halides is 1. The SMILES string of the molecule is O=C(O)N[C@@]12C[C@@H]1CN(c1nc(OC[C@@]34CCCN3C[C@H](F)C4)nc3c(F)c(Cl)ncc13)C2. The van der Waals surface area contributed by atoms with E-state index in [1.165, 1.54) is 6.20 Å². The molecule has 4 atom stereocenters. The van der Waals surface area contributed by atoms with Crippen molar-refractivity contribution in [2.75, 3.05) is 37.7 Å². The van der Waals surface area contributed by atoms with E-state index in [9.17, 15) is 18.7 Å². The lowest BCUT2D eigenvalue weighted by Crippen LogP contribution is -2.43. The minimum atomic E-state index is -1.07. The monoisotopic (exact) mass is 480 g/mol. The average molecular weight is 481 g/mol. The van der Waals surface area contributed by atoms with Crippen molar-refractivity contribution in [3.8, 4) is 6.01 Å². The molecule has 0 unspecified atom stereocenters. The summed E-state index contributed by atoms with van der Waals surface area (Å²) >= 11 is 5.91. The highest BCUT2D eigenvalue weighted by molar-refractivity contribution is 6.30. The summed E-state index contributed by atoms with van der Waals surface area (Å²) in [5.74, 6) is -0.192. The van der Waals surface area contributed by atoms with Crippen molar-refractivity contribution in [1.29, 1.82) is 0 Å². The molecule has 4 fully saturated rings. The standard InChI is InChI=1S/C21H23ClF2N6O3/c22-16-14(24)15-13(6-25-16)17(29-7-11-4-21(11,9-29)28-19(31)32)27-18(26-15)33-10-20-2-1-3-30(20)8-12(23)5-20/h6,11-12,28H,1-5,7-10H2,(H,31,32)/t11-,12-,20+,21-/m1/s1. The molecule has 0 spiro atoms. The van der Waals surface area contributed by atoms with Gasteiger partial charge in [0.25, 0.3) is 0 Å². The number of amides is 1. The first-order valence-electron chi connectivity index (χ1n) is 11.1. The van der Waals surface area contributed by atoms with Gasteiger partial charge in [-0.2, -0.15) is 9.97 Å². The Kier molecular flexibility index (Phi) is 4.61. The van der Waals surface area contributed by atoms with Crippen LogP contribution in [0.3, 0.4) is 0 Å². The average Bonchev–Trinajstić information content (AvgIpc) is 3.03. The van der Waals surface area contributed by atoms with Gasteiger partial charge in [-0.05, 0) is 25.8 Å². The lowest BCUT2D eigenvalue weighted by Gasteiger charge is -2.31. The van der Waals surface area contributed by atoms with Crippen LogP contribution in [0.2, 0.25) is 5.15 Å². The number of piperidine rings is 1. The second-order valence-corrected chi connectivity index (χ2v) is 10.0. The molecular weight excluding hydrogens is 458 g/mol. The van der Waals surface area contributed by atoms with Crippen molar-refractivity contribution >= 4 is 34.4 Å². The molecule has 3 aliphatic heterocycles. The minimum absolute atomic E-state index is 0.00798. The van der Waals surface area contributed by atoms with Gasteiger partial charge in [0.15, 0.2) is 11.0 Å². The molecular formula is C21H23ClF2N6O3. The van der Waals surface area contributed by atoms with Crippen LogP contribution in [-0.4, -0.2) is 81.1 Å². The number of ether oxygens (including phenoxy) is 1. The molecule has 0 bridgehead atoms. The van der Waals surface area contributed by atoms with Crippen LogP contribution in [-0.2, 0) is 0 Å². The molecule has 9 nitrogen and oxygen atoms in total. The molecule has 5 heterocycles. The number of nitrogens with one attached hydrogen (secondary N) is 1. The van der Waals surface area contributed by atoms with Gasteiger partial charge < -0.3 is 20.1 Å². The van der Waals surface area contributed by atoms with Crippen molar-refractivity contribution in [3.63, 3.8) is 0 Å². The molecule has 6 rings (SSSR count). The van der Waals surface area contributed by atoms with E-state index < -0.39 is 29.2 Å². The molecule has 2 aromatic heterocycles. The van der Waals surface area contributed by atoms with E-state index in [4.69, 9.17) is 16.3 Å². The van der Waals surface area contributed by atoms with Crippen molar-refractivity contribution in [2.45, 2.75) is 42.9 Å². The van der Waals surface area contributed by atoms with Crippen LogP contribution in [0.4, 0.5) is 19.4 Å². The summed E-state index contributed by atoms with van der Waals surface area (Å²) in [5.41, 5.74) is -0.922. The van der Waals surface area contributed by atoms with Gasteiger partial charge >= 0.3 is 12.1 Å². The number of aromatic nitrogens is 3. The van der Waals surface area contributed by atoms with E-state index in [1.54, 1.807) is 0 Å². The lowest BCUT2D eigenvalue weighted by molar-refractivity contribution is 0.107. The van der Waals surface area contributed by atoms with Gasteiger partial charge in [-0.3, -0.25) is 4.90 Å². The predicted octanol–water partition coefficient (Wildman–Crippen LogP) is 2.62. The Morgan fingerprint density at radius 2 is 2.21 bits per heavy atom. The van der Waals surface area contributed by atoms with E-state index in [2.05, 4.69) is 25.2 Å². The molecule has 2 aromatic rings. The second-order valence-electron chi connectivity index (χ2n) is 9.69. The van der Waals surface area contributed by atoms with Crippen LogP contribution >= 0.6 is 11.6 Å². The third-order valence-electron chi connectivity index (χ3n) is 7.63. The Bertz CT molecular complexity index is 1160. The number of carboxylic acid groups (broad SMARTS) is 1. The summed E-state index contributed by atoms with van der Waals surface area (Å²) < 4.78 is 35.0. The van der Waals surface area contributed by atoms with Crippen LogP contribution < -0.4 is 15.0 Å². The quantitative estimate of drug-likeness (QED) is 0.629. The zero-order valence-electron chi connectivity index (χ0n) is 17.7. The molecule has 12 heteroatoms. The molecule has 1 saturated carbocycles. The number of anilines is 1. The van der Waals surface area contributed by atoms with Crippen molar-refractivity contribution in [3.05, 3.63) is 17.2 Å². The number of pyridine rings is 1. The molecule has 4 aliphatic rings. The normalized spacial score (nSPS) is 32.8. The third kappa shape index (κ3) is 3.35. The number of hydrogen-bond acceptors (Lipinski definition) is 7. The fraction of sp³-hybridized carbons (Fsp3) is 0.619. The van der Waals surface area contributed by atoms with Gasteiger partial charge in [-0.1, -0.05) is 11.6 Å². The number of carbonyl (C=O) groups is 1. The zero-order chi connectivity index (χ0) is 23.0. The van der Waals surface area contributed by atoms with E-state index in [0.29, 0.717) is 37.3 Å². The number of hydrogen-bond donors (Lipinski definition) is 2. The van der Waals surface area contributed by atoms with Crippen molar-refractivity contribution < 1.29 is 23.4 Å². The molecule has 0 aromatic carbocycles. The van der Waals surface area contributed by atoms with Crippen LogP contribution in [0.25, 0.3) is 10.9 Å². The molecule has 176 valence electrons. The van der Waals surface area contributed by atoms with Gasteiger partial charge in [0.05, 0.1) is 16.5 Å². The molecule has 0 radical (unpaired) electrons. The Morgan fingerprint density at radius 1 is 1.36 bits per heavy atom. The van der Waals surface area contributed by atoms with E-state index in [-0.39, 0.29) is 29.2 Å². The number of nitrogens with zero attached hydrogens (tertiary/aromatic N) is 5. The van der Waals surface area contributed by atoms with Gasteiger partial charge in [0.2, 0.25) is 0 Å². The molecule has 33 heavy (non-hydrogen) atoms. The smallest absolute Gasteiger partial charge is 0.405 e. The summed E-state index contributed by atoms with van der Waals surface area (Å²) in [6.07, 6.45) is 2.41. The van der Waals surface area contributed by atoms with Gasteiger partial charge in [0.1, 0.15) is 24.1 Å². The summed E-state index contributed by atoms with van der Waals surface area (Å²) in [7, 11) is 0. The Balaban J connectivity index is 1.33. The summed E-state index contributed by atoms with van der Waals surface area (Å²) in [6, 6.07) is -0.0111. The first-order chi connectivity index (χ1) is 15.8. The topological polar surface area (TPSA) is 104 Å². The Morgan fingerprint density at radius 3 is 3.03 bits per heavy atom. The van der Waals surface area contributed by atoms with E-state index in [0.717, 1.165) is 25.8 Å². The molecule has 1 amide bonds. The van der Waals surface area contributed by atoms with E-state index >= 15 is 0 Å². The third-order valence-corrected chi connectivity index (χ3v) is 7.90. The second kappa shape index (κ2) is 7.23. The number of halogens is 3. The predicted molar refractivity (Wildman–Crippen MR) is 115 cm³/mol. The van der Waals surface area contributed by atoms with E-state index in [1.807, 2.05) is 4.90 Å². The molecule has 2 N–H and O–H groups in total. The highest BCUT2D eigenvalue weighted by Gasteiger charge is 2.61. The highest BCUT2D eigenvalue weighted by atomic mass is 35.5. The first kappa shape index (κ1) is 21.0. The van der Waals surface area contributed by atoms with Gasteiger partial charge in [0, 0.05) is 38.2 Å². The maximum Gasteiger partial charge on any atom is 0.405 e. The maximum absolute atomic E-state index is 14.9. The summed E-state index contributed by atoms with van der Waals surface area (Å²) in [6.45, 7) is 2.42. The fourth-order valence-electron chi connectivity index (χ4n) is 6.00. The maximum atomic E-state index is 14.9. The van der Waals surface area contributed by atoms with Crippen LogP contribution in [0.1, 0.15) is 25.7 Å².